The molecular weight excluding hydrogens is 336 g/mol. The summed E-state index contributed by atoms with van der Waals surface area (Å²) in [5.74, 6) is -2.67. The maximum Gasteiger partial charge on any atom is 0.339 e. The van der Waals surface area contributed by atoms with Crippen LogP contribution in [0.2, 0.25) is 0 Å². The molecule has 1 aromatic rings. The van der Waals surface area contributed by atoms with Gasteiger partial charge in [-0.1, -0.05) is 44.2 Å². The zero-order chi connectivity index (χ0) is 19.3. The second-order valence-electron chi connectivity index (χ2n) is 7.03. The van der Waals surface area contributed by atoms with Gasteiger partial charge in [0.05, 0.1) is 12.5 Å². The molecule has 2 amide bonds. The lowest BCUT2D eigenvalue weighted by molar-refractivity contribution is -0.149. The molecule has 0 aromatic heterocycles. The number of amides is 2. The minimum absolute atomic E-state index is 0.0104. The number of carbonyl (C=O) groups is 3. The highest BCUT2D eigenvalue weighted by Gasteiger charge is 2.61. The fraction of sp³-hybridized carbons (Fsp3) is 0.526. The maximum atomic E-state index is 12.9. The second kappa shape index (κ2) is 8.31. The summed E-state index contributed by atoms with van der Waals surface area (Å²) in [6.07, 6.45) is 0.686. The van der Waals surface area contributed by atoms with Gasteiger partial charge >= 0.3 is 5.97 Å². The molecule has 0 spiro atoms. The van der Waals surface area contributed by atoms with Crippen molar-refractivity contribution in [1.82, 2.24) is 10.6 Å². The summed E-state index contributed by atoms with van der Waals surface area (Å²) in [7, 11) is 1.50. The summed E-state index contributed by atoms with van der Waals surface area (Å²) < 4.78 is 5.17. The van der Waals surface area contributed by atoms with Crippen LogP contribution in [0.5, 0.6) is 0 Å². The molecule has 1 fully saturated rings. The van der Waals surface area contributed by atoms with E-state index in [-0.39, 0.29) is 18.4 Å². The largest absolute Gasteiger partial charge is 0.479 e. The van der Waals surface area contributed by atoms with Gasteiger partial charge in [-0.2, -0.15) is 0 Å². The molecule has 0 saturated carbocycles. The lowest BCUT2D eigenvalue weighted by Crippen LogP contribution is -2.52. The minimum Gasteiger partial charge on any atom is -0.479 e. The molecular formula is C19H26N2O5. The van der Waals surface area contributed by atoms with Crippen LogP contribution in [0.15, 0.2) is 30.3 Å². The fourth-order valence-corrected chi connectivity index (χ4v) is 3.04. The number of hydrogen-bond acceptors (Lipinski definition) is 4. The van der Waals surface area contributed by atoms with Crippen LogP contribution in [0.4, 0.5) is 0 Å². The van der Waals surface area contributed by atoms with Gasteiger partial charge < -0.3 is 20.5 Å². The first kappa shape index (κ1) is 19.9. The van der Waals surface area contributed by atoms with Gasteiger partial charge in [-0.3, -0.25) is 9.59 Å². The van der Waals surface area contributed by atoms with Crippen LogP contribution in [-0.4, -0.2) is 48.2 Å². The highest BCUT2D eigenvalue weighted by molar-refractivity contribution is 5.94. The molecule has 0 bridgehead atoms. The van der Waals surface area contributed by atoms with Gasteiger partial charge in [0.1, 0.15) is 6.04 Å². The molecule has 1 aliphatic rings. The molecule has 1 heterocycles. The van der Waals surface area contributed by atoms with E-state index in [1.807, 2.05) is 44.2 Å². The predicted molar refractivity (Wildman–Crippen MR) is 95.4 cm³/mol. The lowest BCUT2D eigenvalue weighted by Gasteiger charge is -2.25. The molecule has 2 rings (SSSR count). The zero-order valence-corrected chi connectivity index (χ0v) is 15.3. The first-order valence-corrected chi connectivity index (χ1v) is 8.73. The van der Waals surface area contributed by atoms with Gasteiger partial charge in [-0.25, -0.2) is 4.79 Å². The van der Waals surface area contributed by atoms with Gasteiger partial charge in [-0.05, 0) is 17.9 Å². The molecule has 7 heteroatoms. The Hall–Kier alpha value is -2.41. The van der Waals surface area contributed by atoms with E-state index in [0.717, 1.165) is 5.56 Å². The summed E-state index contributed by atoms with van der Waals surface area (Å²) in [6.45, 7) is 3.84. The molecule has 0 radical (unpaired) electrons. The Morgan fingerprint density at radius 2 is 1.81 bits per heavy atom. The number of ether oxygens (including phenoxy) is 1. The molecule has 3 N–H and O–H groups in total. The first-order chi connectivity index (χ1) is 12.3. The third-order valence-corrected chi connectivity index (χ3v) is 4.57. The Balaban J connectivity index is 2.17. The molecule has 142 valence electrons. The zero-order valence-electron chi connectivity index (χ0n) is 15.3. The van der Waals surface area contributed by atoms with E-state index in [9.17, 15) is 19.5 Å². The summed E-state index contributed by atoms with van der Waals surface area (Å²) in [5, 5.41) is 14.8. The van der Waals surface area contributed by atoms with Crippen LogP contribution in [0.3, 0.4) is 0 Å². The SMILES string of the molecule is CNC(=O)[C@H](Cc1ccccc1)NC(=O)[C@H](CC(C)C)[C@@]1(C(=O)O)CO1. The van der Waals surface area contributed by atoms with E-state index in [2.05, 4.69) is 10.6 Å². The number of aliphatic carboxylic acids is 1. The van der Waals surface area contributed by atoms with Crippen molar-refractivity contribution in [3.8, 4) is 0 Å². The van der Waals surface area contributed by atoms with Gasteiger partial charge in [0.2, 0.25) is 11.8 Å². The fourth-order valence-electron chi connectivity index (χ4n) is 3.04. The number of nitrogens with one attached hydrogen (secondary N) is 2. The number of likely N-dealkylation sites (N-methyl/N-ethyl adjacent to an activating group) is 1. The Labute approximate surface area is 153 Å². The van der Waals surface area contributed by atoms with E-state index in [4.69, 9.17) is 4.74 Å². The van der Waals surface area contributed by atoms with Crippen molar-refractivity contribution in [2.75, 3.05) is 13.7 Å². The summed E-state index contributed by atoms with van der Waals surface area (Å²) in [4.78, 5) is 36.7. The van der Waals surface area contributed by atoms with Crippen LogP contribution < -0.4 is 10.6 Å². The van der Waals surface area contributed by atoms with E-state index in [0.29, 0.717) is 12.8 Å². The van der Waals surface area contributed by atoms with Gasteiger partial charge in [-0.15, -0.1) is 0 Å². The number of rotatable bonds is 9. The van der Waals surface area contributed by atoms with E-state index in [1.54, 1.807) is 0 Å². The number of benzene rings is 1. The van der Waals surface area contributed by atoms with Gasteiger partial charge in [0.15, 0.2) is 5.60 Å². The summed E-state index contributed by atoms with van der Waals surface area (Å²) in [5.41, 5.74) is -0.577. The van der Waals surface area contributed by atoms with Crippen LogP contribution in [0.25, 0.3) is 0 Å². The normalized spacial score (nSPS) is 20.9. The number of carbonyl (C=O) groups excluding carboxylic acids is 2. The maximum absolute atomic E-state index is 12.9. The van der Waals surface area contributed by atoms with Gasteiger partial charge in [0, 0.05) is 13.5 Å². The summed E-state index contributed by atoms with van der Waals surface area (Å²) in [6, 6.07) is 8.55. The first-order valence-electron chi connectivity index (χ1n) is 8.73. The molecule has 1 aromatic carbocycles. The standard InChI is InChI=1S/C19H26N2O5/c1-12(2)9-14(19(11-26-19)18(24)25)16(22)21-15(17(23)20-3)10-13-7-5-4-6-8-13/h4-8,12,14-15H,9-11H2,1-3H3,(H,20,23)(H,21,22)(H,24,25)/t14-,15-,19+/m0/s1. The monoisotopic (exact) mass is 362 g/mol. The van der Waals surface area contributed by atoms with Crippen molar-refractivity contribution >= 4 is 17.8 Å². The molecule has 7 nitrogen and oxygen atoms in total. The summed E-state index contributed by atoms with van der Waals surface area (Å²) >= 11 is 0. The third-order valence-electron chi connectivity index (χ3n) is 4.57. The van der Waals surface area contributed by atoms with E-state index in [1.165, 1.54) is 7.05 Å². The van der Waals surface area contributed by atoms with Crippen molar-refractivity contribution in [3.63, 3.8) is 0 Å². The predicted octanol–water partition coefficient (Wildman–Crippen LogP) is 0.976. The number of epoxide rings is 1. The van der Waals surface area contributed by atoms with Crippen molar-refractivity contribution < 1.29 is 24.2 Å². The highest BCUT2D eigenvalue weighted by atomic mass is 16.6. The number of carboxylic acid groups (broad SMARTS) is 1. The van der Waals surface area contributed by atoms with Crippen molar-refractivity contribution in [2.45, 2.75) is 38.3 Å². The average molecular weight is 362 g/mol. The van der Waals surface area contributed by atoms with Crippen molar-refractivity contribution in [2.24, 2.45) is 11.8 Å². The van der Waals surface area contributed by atoms with Crippen LogP contribution in [-0.2, 0) is 25.5 Å². The molecule has 0 unspecified atom stereocenters. The average Bonchev–Trinajstić information content (AvgIpc) is 3.41. The van der Waals surface area contributed by atoms with Crippen molar-refractivity contribution in [1.29, 1.82) is 0 Å². The van der Waals surface area contributed by atoms with Gasteiger partial charge in [0.25, 0.3) is 0 Å². The van der Waals surface area contributed by atoms with Crippen LogP contribution >= 0.6 is 0 Å². The quantitative estimate of drug-likeness (QED) is 0.568. The smallest absolute Gasteiger partial charge is 0.339 e. The van der Waals surface area contributed by atoms with E-state index >= 15 is 0 Å². The van der Waals surface area contributed by atoms with E-state index < -0.39 is 29.4 Å². The Kier molecular flexibility index (Phi) is 6.37. The lowest BCUT2D eigenvalue weighted by atomic mass is 9.84. The molecule has 1 aliphatic heterocycles. The number of hydrogen-bond donors (Lipinski definition) is 3. The number of carboxylic acids is 1. The topological polar surface area (TPSA) is 108 Å². The Morgan fingerprint density at radius 1 is 1.19 bits per heavy atom. The molecule has 0 aliphatic carbocycles. The van der Waals surface area contributed by atoms with Crippen LogP contribution in [0.1, 0.15) is 25.8 Å². The van der Waals surface area contributed by atoms with Crippen molar-refractivity contribution in [3.05, 3.63) is 35.9 Å². The third kappa shape index (κ3) is 4.60. The Bertz CT molecular complexity index is 655. The van der Waals surface area contributed by atoms with Crippen LogP contribution in [0, 0.1) is 11.8 Å². The molecule has 3 atom stereocenters. The Morgan fingerprint density at radius 3 is 2.27 bits per heavy atom. The highest BCUT2D eigenvalue weighted by Crippen LogP contribution is 2.39. The molecule has 1 saturated heterocycles. The molecule has 26 heavy (non-hydrogen) atoms. The minimum atomic E-state index is -1.48. The second-order valence-corrected chi connectivity index (χ2v) is 7.03.